The summed E-state index contributed by atoms with van der Waals surface area (Å²) in [6.45, 7) is 0. The maximum absolute atomic E-state index is 6.33. The number of nitrogens with zero attached hydrogens (tertiary/aromatic N) is 2. The van der Waals surface area contributed by atoms with E-state index in [9.17, 15) is 0 Å². The maximum atomic E-state index is 6.33. The van der Waals surface area contributed by atoms with Crippen molar-refractivity contribution in [3.05, 3.63) is 42.4 Å². The first-order chi connectivity index (χ1) is 9.78. The molecule has 3 rings (SSSR count). The molecule has 1 fully saturated rings. The van der Waals surface area contributed by atoms with Crippen molar-refractivity contribution in [3.8, 4) is 0 Å². The highest BCUT2D eigenvalue weighted by Crippen LogP contribution is 2.34. The number of aromatic nitrogens is 1. The summed E-state index contributed by atoms with van der Waals surface area (Å²) in [5.74, 6) is 0. The van der Waals surface area contributed by atoms with E-state index in [1.54, 1.807) is 12.5 Å². The van der Waals surface area contributed by atoms with Crippen LogP contribution in [0.2, 0.25) is 0 Å². The largest absolute Gasteiger partial charge is 0.353 e. The molecule has 1 unspecified atom stereocenters. The van der Waals surface area contributed by atoms with Gasteiger partial charge in [0.05, 0.1) is 12.4 Å². The highest BCUT2D eigenvalue weighted by atomic mass is 35.5. The Morgan fingerprint density at radius 3 is 2.59 bits per heavy atom. The smallest absolute Gasteiger partial charge is 0.209 e. The lowest BCUT2D eigenvalue weighted by molar-refractivity contribution is -0.0788. The van der Waals surface area contributed by atoms with Crippen molar-refractivity contribution in [2.45, 2.75) is 43.6 Å². The summed E-state index contributed by atoms with van der Waals surface area (Å²) < 4.78 is 6.33. The Bertz CT molecular complexity index is 490. The van der Waals surface area contributed by atoms with Crippen LogP contribution in [0.3, 0.4) is 0 Å². The lowest BCUT2D eigenvalue weighted by Crippen LogP contribution is -2.38. The van der Waals surface area contributed by atoms with Crippen molar-refractivity contribution in [2.24, 2.45) is 10.7 Å². The predicted molar refractivity (Wildman–Crippen MR) is 92.5 cm³/mol. The van der Waals surface area contributed by atoms with Crippen LogP contribution in [0.1, 0.15) is 31.2 Å². The zero-order valence-corrected chi connectivity index (χ0v) is 13.9. The van der Waals surface area contributed by atoms with Crippen LogP contribution in [0, 0.1) is 0 Å². The van der Waals surface area contributed by atoms with Crippen molar-refractivity contribution in [1.29, 1.82) is 0 Å². The van der Waals surface area contributed by atoms with E-state index >= 15 is 0 Å². The number of nitrogens with one attached hydrogen (secondary N) is 1. The van der Waals surface area contributed by atoms with Crippen LogP contribution in [0.25, 0.3) is 0 Å². The molecule has 1 atom stereocenters. The van der Waals surface area contributed by atoms with E-state index in [-0.39, 0.29) is 30.9 Å². The van der Waals surface area contributed by atoms with Crippen LogP contribution >= 0.6 is 24.8 Å². The fraction of sp³-hybridized carbons (Fsp3) is 0.467. The molecule has 1 aromatic rings. The van der Waals surface area contributed by atoms with Gasteiger partial charge in [-0.05, 0) is 37.8 Å². The summed E-state index contributed by atoms with van der Waals surface area (Å²) >= 11 is 0. The molecule has 1 aliphatic heterocycles. The summed E-state index contributed by atoms with van der Waals surface area (Å²) in [5, 5.41) is 2.96. The molecule has 0 saturated heterocycles. The van der Waals surface area contributed by atoms with Gasteiger partial charge in [0.2, 0.25) is 5.72 Å². The Balaban J connectivity index is 0.00000121. The second kappa shape index (κ2) is 8.48. The number of hydrogen-bond donors (Lipinski definition) is 2. The van der Waals surface area contributed by atoms with Gasteiger partial charge in [0, 0.05) is 30.2 Å². The van der Waals surface area contributed by atoms with E-state index in [0.29, 0.717) is 6.04 Å². The number of rotatable bonds is 3. The van der Waals surface area contributed by atoms with Crippen LogP contribution in [0.4, 0.5) is 0 Å². The van der Waals surface area contributed by atoms with Gasteiger partial charge in [0.25, 0.3) is 0 Å². The van der Waals surface area contributed by atoms with Crippen molar-refractivity contribution >= 4 is 31.2 Å². The Kier molecular flexibility index (Phi) is 7.29. The summed E-state index contributed by atoms with van der Waals surface area (Å²) in [6.07, 6.45) is 13.2. The van der Waals surface area contributed by atoms with Crippen LogP contribution < -0.4 is 11.1 Å². The van der Waals surface area contributed by atoms with Crippen LogP contribution in [-0.2, 0) is 10.5 Å². The number of hydrogen-bond acceptors (Lipinski definition) is 5. The second-order valence-corrected chi connectivity index (χ2v) is 5.35. The summed E-state index contributed by atoms with van der Waals surface area (Å²) in [4.78, 5) is 8.71. The third-order valence-corrected chi connectivity index (χ3v) is 3.88. The summed E-state index contributed by atoms with van der Waals surface area (Å²) in [6, 6.07) is 4.22. The monoisotopic (exact) mass is 344 g/mol. The van der Waals surface area contributed by atoms with Gasteiger partial charge >= 0.3 is 0 Å². The average molecular weight is 345 g/mol. The SMILES string of the molecule is Cl.Cl.NC1CCC(OC2(c3cccnc3)C=CNC=N2)CC1. The van der Waals surface area contributed by atoms with Gasteiger partial charge in [-0.25, -0.2) is 4.99 Å². The number of aliphatic imine (C=N–C) groups is 1. The van der Waals surface area contributed by atoms with E-state index < -0.39 is 5.72 Å². The highest BCUT2D eigenvalue weighted by Gasteiger charge is 2.35. The van der Waals surface area contributed by atoms with Crippen molar-refractivity contribution < 1.29 is 4.74 Å². The molecule has 0 radical (unpaired) electrons. The Morgan fingerprint density at radius 2 is 2.00 bits per heavy atom. The van der Waals surface area contributed by atoms with Crippen molar-refractivity contribution in [1.82, 2.24) is 10.3 Å². The molecule has 0 bridgehead atoms. The highest BCUT2D eigenvalue weighted by molar-refractivity contribution is 5.85. The number of ether oxygens (including phenoxy) is 1. The second-order valence-electron chi connectivity index (χ2n) is 5.35. The fourth-order valence-corrected chi connectivity index (χ4v) is 2.72. The number of halogens is 2. The molecular formula is C15H22Cl2N4O. The molecule has 7 heteroatoms. The average Bonchev–Trinajstić information content (AvgIpc) is 2.52. The molecule has 2 aliphatic rings. The molecule has 0 spiro atoms. The molecule has 3 N–H and O–H groups in total. The van der Waals surface area contributed by atoms with Crippen molar-refractivity contribution in [2.75, 3.05) is 0 Å². The predicted octanol–water partition coefficient (Wildman–Crippen LogP) is 2.51. The van der Waals surface area contributed by atoms with Gasteiger partial charge in [-0.3, -0.25) is 4.98 Å². The van der Waals surface area contributed by atoms with E-state index in [1.165, 1.54) is 0 Å². The zero-order chi connectivity index (χ0) is 13.8. The normalized spacial score (nSPS) is 29.9. The molecule has 1 aliphatic carbocycles. The molecule has 2 heterocycles. The van der Waals surface area contributed by atoms with E-state index in [4.69, 9.17) is 10.5 Å². The maximum Gasteiger partial charge on any atom is 0.209 e. The standard InChI is InChI=1S/C15H20N4O.2ClH/c16-13-3-5-14(6-4-13)20-15(7-9-18-11-19-15)12-2-1-8-17-10-12;;/h1-2,7-11,13-14H,3-6,16H2,(H,18,19);2*1H. The molecule has 1 aromatic heterocycles. The van der Waals surface area contributed by atoms with Crippen molar-refractivity contribution in [3.63, 3.8) is 0 Å². The molecule has 1 saturated carbocycles. The quantitative estimate of drug-likeness (QED) is 0.883. The molecule has 0 amide bonds. The molecule has 5 nitrogen and oxygen atoms in total. The van der Waals surface area contributed by atoms with Gasteiger partial charge in [0.15, 0.2) is 0 Å². The fourth-order valence-electron chi connectivity index (χ4n) is 2.72. The first kappa shape index (κ1) is 18.9. The van der Waals surface area contributed by atoms with Gasteiger partial charge < -0.3 is 15.8 Å². The third-order valence-electron chi connectivity index (χ3n) is 3.88. The Labute approximate surface area is 143 Å². The minimum Gasteiger partial charge on any atom is -0.353 e. The van der Waals surface area contributed by atoms with Gasteiger partial charge in [-0.1, -0.05) is 6.07 Å². The lowest BCUT2D eigenvalue weighted by atomic mass is 9.93. The molecule has 22 heavy (non-hydrogen) atoms. The summed E-state index contributed by atoms with van der Waals surface area (Å²) in [5.41, 5.74) is 6.14. The van der Waals surface area contributed by atoms with Gasteiger partial charge in [0.1, 0.15) is 0 Å². The summed E-state index contributed by atoms with van der Waals surface area (Å²) in [7, 11) is 0. The van der Waals surface area contributed by atoms with Gasteiger partial charge in [-0.15, -0.1) is 24.8 Å². The molecule has 0 aromatic carbocycles. The third kappa shape index (κ3) is 4.20. The minimum absolute atomic E-state index is 0. The Morgan fingerprint density at radius 1 is 1.23 bits per heavy atom. The topological polar surface area (TPSA) is 72.5 Å². The van der Waals surface area contributed by atoms with Crippen LogP contribution in [0.15, 0.2) is 41.8 Å². The van der Waals surface area contributed by atoms with E-state index in [0.717, 1.165) is 31.2 Å². The Hall–Kier alpha value is -1.14. The van der Waals surface area contributed by atoms with Crippen LogP contribution in [-0.4, -0.2) is 23.5 Å². The molecular weight excluding hydrogens is 323 g/mol. The number of pyridine rings is 1. The lowest BCUT2D eigenvalue weighted by Gasteiger charge is -2.35. The zero-order valence-electron chi connectivity index (χ0n) is 12.2. The number of nitrogens with two attached hydrogens (primary N) is 1. The van der Waals surface area contributed by atoms with Crippen LogP contribution in [0.5, 0.6) is 0 Å². The van der Waals surface area contributed by atoms with E-state index in [2.05, 4.69) is 15.3 Å². The first-order valence-electron chi connectivity index (χ1n) is 7.10. The minimum atomic E-state index is -0.758. The van der Waals surface area contributed by atoms with E-state index in [1.807, 2.05) is 30.6 Å². The van der Waals surface area contributed by atoms with Gasteiger partial charge in [-0.2, -0.15) is 0 Å². The molecule has 122 valence electrons. The first-order valence-corrected chi connectivity index (χ1v) is 7.10.